The lowest BCUT2D eigenvalue weighted by Gasteiger charge is -2.23. The van der Waals surface area contributed by atoms with Gasteiger partial charge in [0.25, 0.3) is 0 Å². The lowest BCUT2D eigenvalue weighted by atomic mass is 9.79. The van der Waals surface area contributed by atoms with E-state index in [9.17, 15) is 9.59 Å². The number of hydrogen-bond donors (Lipinski definition) is 0. The predicted molar refractivity (Wildman–Crippen MR) is 184 cm³/mol. The third-order valence-electron chi connectivity index (χ3n) is 8.41. The van der Waals surface area contributed by atoms with Crippen LogP contribution in [0.25, 0.3) is 22.3 Å². The number of hydrogen-bond acceptors (Lipinski definition) is 2. The van der Waals surface area contributed by atoms with Crippen molar-refractivity contribution < 1.29 is 9.59 Å². The van der Waals surface area contributed by atoms with Gasteiger partial charge < -0.3 is 0 Å². The molecule has 5 aromatic rings. The number of rotatable bonds is 14. The van der Waals surface area contributed by atoms with Crippen molar-refractivity contribution in [3.05, 3.63) is 155 Å². The summed E-state index contributed by atoms with van der Waals surface area (Å²) in [7, 11) is 0. The molecule has 5 aromatic carbocycles. The Kier molecular flexibility index (Phi) is 10.7. The van der Waals surface area contributed by atoms with Crippen LogP contribution in [-0.2, 0) is 12.8 Å². The SMILES string of the molecule is CCCCCc1cc(-c2cccc(-c3ccccc3)c2)c(C(=O)c2ccccc2)c(C(=O)c2ccccc2)c1CCCCC. The molecule has 0 bridgehead atoms. The van der Waals surface area contributed by atoms with Crippen LogP contribution in [-0.4, -0.2) is 11.6 Å². The van der Waals surface area contributed by atoms with Crippen LogP contribution in [0.5, 0.6) is 0 Å². The van der Waals surface area contributed by atoms with E-state index in [1.807, 2.05) is 78.9 Å². The molecule has 2 heteroatoms. The van der Waals surface area contributed by atoms with Gasteiger partial charge in [0.1, 0.15) is 0 Å². The first-order valence-electron chi connectivity index (χ1n) is 16.2. The summed E-state index contributed by atoms with van der Waals surface area (Å²) in [6, 6.07) is 39.8. The highest BCUT2D eigenvalue weighted by Gasteiger charge is 2.29. The maximum absolute atomic E-state index is 14.7. The van der Waals surface area contributed by atoms with E-state index in [1.54, 1.807) is 0 Å². The molecule has 0 spiro atoms. The van der Waals surface area contributed by atoms with Gasteiger partial charge in [-0.1, -0.05) is 155 Å². The molecule has 0 heterocycles. The topological polar surface area (TPSA) is 34.1 Å². The average molecular weight is 579 g/mol. The van der Waals surface area contributed by atoms with Gasteiger partial charge in [-0.3, -0.25) is 9.59 Å². The highest BCUT2D eigenvalue weighted by Crippen LogP contribution is 2.37. The number of unbranched alkanes of at least 4 members (excludes halogenated alkanes) is 4. The molecule has 0 atom stereocenters. The van der Waals surface area contributed by atoms with Crippen molar-refractivity contribution in [2.75, 3.05) is 0 Å². The highest BCUT2D eigenvalue weighted by atomic mass is 16.1. The number of carbonyl (C=O) groups excluding carboxylic acids is 2. The zero-order valence-corrected chi connectivity index (χ0v) is 26.0. The van der Waals surface area contributed by atoms with Crippen LogP contribution in [0.2, 0.25) is 0 Å². The van der Waals surface area contributed by atoms with Crippen LogP contribution in [0.15, 0.2) is 121 Å². The summed E-state index contributed by atoms with van der Waals surface area (Å²) in [5, 5.41) is 0. The van der Waals surface area contributed by atoms with Crippen LogP contribution in [0.4, 0.5) is 0 Å². The summed E-state index contributed by atoms with van der Waals surface area (Å²) in [5.41, 5.74) is 8.52. The van der Waals surface area contributed by atoms with E-state index in [0.717, 1.165) is 79.2 Å². The molecule has 0 N–H and O–H groups in total. The van der Waals surface area contributed by atoms with Crippen LogP contribution >= 0.6 is 0 Å². The smallest absolute Gasteiger partial charge is 0.194 e. The molecule has 0 saturated carbocycles. The Morgan fingerprint density at radius 1 is 0.477 bits per heavy atom. The fourth-order valence-corrected chi connectivity index (χ4v) is 6.08. The second kappa shape index (κ2) is 15.3. The summed E-state index contributed by atoms with van der Waals surface area (Å²) in [4.78, 5) is 29.3. The van der Waals surface area contributed by atoms with E-state index in [2.05, 4.69) is 56.3 Å². The third kappa shape index (κ3) is 7.14. The zero-order chi connectivity index (χ0) is 30.7. The zero-order valence-electron chi connectivity index (χ0n) is 26.0. The van der Waals surface area contributed by atoms with Crippen LogP contribution in [0, 0.1) is 0 Å². The van der Waals surface area contributed by atoms with Gasteiger partial charge in [-0.25, -0.2) is 0 Å². The molecule has 0 aliphatic heterocycles. The van der Waals surface area contributed by atoms with E-state index in [4.69, 9.17) is 0 Å². The minimum absolute atomic E-state index is 0.0748. The summed E-state index contributed by atoms with van der Waals surface area (Å²) in [6.07, 6.45) is 8.11. The minimum atomic E-state index is -0.109. The highest BCUT2D eigenvalue weighted by molar-refractivity contribution is 6.23. The third-order valence-corrected chi connectivity index (χ3v) is 8.41. The second-order valence-electron chi connectivity index (χ2n) is 11.6. The van der Waals surface area contributed by atoms with Gasteiger partial charge in [-0.05, 0) is 65.1 Å². The fraction of sp³-hybridized carbons (Fsp3) is 0.238. The average Bonchev–Trinajstić information content (AvgIpc) is 3.09. The van der Waals surface area contributed by atoms with Crippen molar-refractivity contribution in [2.24, 2.45) is 0 Å². The van der Waals surface area contributed by atoms with E-state index in [-0.39, 0.29) is 11.6 Å². The number of benzene rings is 5. The van der Waals surface area contributed by atoms with Gasteiger partial charge in [-0.2, -0.15) is 0 Å². The molecule has 222 valence electrons. The van der Waals surface area contributed by atoms with Crippen LogP contribution < -0.4 is 0 Å². The molecule has 0 unspecified atom stereocenters. The molecular formula is C42H42O2. The molecule has 2 nitrogen and oxygen atoms in total. The lowest BCUT2D eigenvalue weighted by Crippen LogP contribution is -2.18. The van der Waals surface area contributed by atoms with Crippen LogP contribution in [0.1, 0.15) is 95.3 Å². The summed E-state index contributed by atoms with van der Waals surface area (Å²) >= 11 is 0. The van der Waals surface area contributed by atoms with Gasteiger partial charge in [0.2, 0.25) is 0 Å². The first kappa shape index (κ1) is 30.9. The Balaban J connectivity index is 1.83. The van der Waals surface area contributed by atoms with Crippen molar-refractivity contribution in [2.45, 2.75) is 65.2 Å². The fourth-order valence-electron chi connectivity index (χ4n) is 6.08. The molecule has 0 aliphatic carbocycles. The number of carbonyl (C=O) groups is 2. The monoisotopic (exact) mass is 578 g/mol. The van der Waals surface area contributed by atoms with Crippen LogP contribution in [0.3, 0.4) is 0 Å². The number of aryl methyl sites for hydroxylation is 1. The quantitative estimate of drug-likeness (QED) is 0.0970. The number of ketones is 2. The van der Waals surface area contributed by atoms with Crippen molar-refractivity contribution in [3.63, 3.8) is 0 Å². The van der Waals surface area contributed by atoms with Gasteiger partial charge in [0, 0.05) is 22.3 Å². The van der Waals surface area contributed by atoms with Crippen molar-refractivity contribution in [1.82, 2.24) is 0 Å². The standard InChI is InChI=1S/C42H42O2/c1-3-5-10-25-36-30-38(35-27-18-26-34(29-35)31-19-12-7-13-20-31)40(42(44)33-23-16-9-17-24-33)39(37(36)28-11-6-4-2)41(43)32-21-14-8-15-22-32/h7-9,12-24,26-27,29-30H,3-6,10-11,25,28H2,1-2H3. The molecule has 5 rings (SSSR count). The Morgan fingerprint density at radius 2 is 0.977 bits per heavy atom. The minimum Gasteiger partial charge on any atom is -0.289 e. The Hall–Kier alpha value is -4.56. The van der Waals surface area contributed by atoms with Gasteiger partial charge in [0.15, 0.2) is 11.6 Å². The van der Waals surface area contributed by atoms with E-state index in [1.165, 1.54) is 5.56 Å². The molecule has 0 saturated heterocycles. The molecule has 0 aliphatic rings. The maximum Gasteiger partial charge on any atom is 0.194 e. The Labute approximate surface area is 262 Å². The van der Waals surface area contributed by atoms with Gasteiger partial charge in [-0.15, -0.1) is 0 Å². The van der Waals surface area contributed by atoms with E-state index < -0.39 is 0 Å². The Morgan fingerprint density at radius 3 is 1.57 bits per heavy atom. The summed E-state index contributed by atoms with van der Waals surface area (Å²) in [6.45, 7) is 4.42. The maximum atomic E-state index is 14.7. The van der Waals surface area contributed by atoms with Gasteiger partial charge >= 0.3 is 0 Å². The molecule has 0 amide bonds. The van der Waals surface area contributed by atoms with Crippen molar-refractivity contribution in [3.8, 4) is 22.3 Å². The van der Waals surface area contributed by atoms with Gasteiger partial charge in [0.05, 0.1) is 0 Å². The van der Waals surface area contributed by atoms with E-state index in [0.29, 0.717) is 22.3 Å². The molecule has 0 radical (unpaired) electrons. The molecule has 0 fully saturated rings. The first-order valence-corrected chi connectivity index (χ1v) is 16.2. The molecule has 0 aromatic heterocycles. The summed E-state index contributed by atoms with van der Waals surface area (Å²) < 4.78 is 0. The second-order valence-corrected chi connectivity index (χ2v) is 11.6. The van der Waals surface area contributed by atoms with Crippen molar-refractivity contribution >= 4 is 11.6 Å². The molecular weight excluding hydrogens is 536 g/mol. The normalized spacial score (nSPS) is 11.0. The summed E-state index contributed by atoms with van der Waals surface area (Å²) in [5.74, 6) is -0.184. The first-order chi connectivity index (χ1) is 21.6. The van der Waals surface area contributed by atoms with E-state index >= 15 is 0 Å². The lowest BCUT2D eigenvalue weighted by molar-refractivity contribution is 0.100. The molecule has 44 heavy (non-hydrogen) atoms. The predicted octanol–water partition coefficient (Wildman–Crippen LogP) is 10.9. The Bertz CT molecular complexity index is 1690. The largest absolute Gasteiger partial charge is 0.289 e. The van der Waals surface area contributed by atoms with Crippen molar-refractivity contribution in [1.29, 1.82) is 0 Å².